The van der Waals surface area contributed by atoms with Gasteiger partial charge in [-0.1, -0.05) is 12.1 Å². The number of nitrogens with one attached hydrogen (secondary N) is 3. The fraction of sp³-hybridized carbons (Fsp3) is 0.677. The van der Waals surface area contributed by atoms with Crippen LogP contribution in [0.4, 0.5) is 4.79 Å². The number of hydrogen-bond acceptors (Lipinski definition) is 7. The predicted octanol–water partition coefficient (Wildman–Crippen LogP) is 4.72. The van der Waals surface area contributed by atoms with Crippen LogP contribution < -0.4 is 16.0 Å². The van der Waals surface area contributed by atoms with Crippen LogP contribution in [0, 0.1) is 0 Å². The molecular weight excluding hydrogens is 540 g/mol. The highest BCUT2D eigenvalue weighted by atomic mass is 16.7. The highest BCUT2D eigenvalue weighted by molar-refractivity contribution is 5.94. The molecule has 0 radical (unpaired) electrons. The minimum Gasteiger partial charge on any atom is -0.480 e. The van der Waals surface area contributed by atoms with E-state index in [1.165, 1.54) is 6.42 Å². The fourth-order valence-corrected chi connectivity index (χ4v) is 5.17. The zero-order chi connectivity index (χ0) is 31.7. The highest BCUT2D eigenvalue weighted by Gasteiger charge is 2.43. The van der Waals surface area contributed by atoms with E-state index in [1.807, 2.05) is 19.1 Å². The predicted molar refractivity (Wildman–Crippen MR) is 160 cm³/mol. The maximum absolute atomic E-state index is 12.7. The van der Waals surface area contributed by atoms with Crippen LogP contribution in [0.5, 0.6) is 0 Å². The maximum Gasteiger partial charge on any atom is 0.408 e. The van der Waals surface area contributed by atoms with Crippen molar-refractivity contribution in [3.8, 4) is 0 Å². The molecule has 1 aliphatic rings. The molecule has 1 unspecified atom stereocenters. The molecule has 1 heterocycles. The minimum absolute atomic E-state index is 0.0656. The second kappa shape index (κ2) is 14.8. The first-order valence-corrected chi connectivity index (χ1v) is 14.8. The molecule has 1 aliphatic heterocycles. The van der Waals surface area contributed by atoms with Gasteiger partial charge in [0, 0.05) is 23.2 Å². The van der Waals surface area contributed by atoms with Crippen LogP contribution in [0.15, 0.2) is 24.3 Å². The van der Waals surface area contributed by atoms with Crippen molar-refractivity contribution >= 4 is 23.9 Å². The molecule has 0 aliphatic carbocycles. The van der Waals surface area contributed by atoms with Gasteiger partial charge in [0.25, 0.3) is 5.91 Å². The highest BCUT2D eigenvalue weighted by Crippen LogP contribution is 2.40. The van der Waals surface area contributed by atoms with Gasteiger partial charge in [-0.05, 0) is 112 Å². The molecule has 1 fully saturated rings. The summed E-state index contributed by atoms with van der Waals surface area (Å²) in [6.07, 6.45) is 3.67. The lowest BCUT2D eigenvalue weighted by molar-refractivity contribution is -0.304. The molecule has 4 N–H and O–H groups in total. The van der Waals surface area contributed by atoms with Crippen LogP contribution in [0.25, 0.3) is 0 Å². The number of aliphatic carboxylic acids is 1. The van der Waals surface area contributed by atoms with Crippen LogP contribution >= 0.6 is 0 Å². The number of hydroxylamine groups is 2. The molecule has 1 aromatic rings. The molecule has 236 valence electrons. The maximum atomic E-state index is 12.7. The molecule has 3 amide bonds. The Labute approximate surface area is 250 Å². The summed E-state index contributed by atoms with van der Waals surface area (Å²) in [5, 5.41) is 18.6. The van der Waals surface area contributed by atoms with Crippen molar-refractivity contribution in [2.45, 2.75) is 123 Å². The Bertz CT molecular complexity index is 1060. The Morgan fingerprint density at radius 2 is 1.57 bits per heavy atom. The molecule has 11 heteroatoms. The summed E-state index contributed by atoms with van der Waals surface area (Å²) in [6.45, 7) is 15.8. The molecule has 0 bridgehead atoms. The van der Waals surface area contributed by atoms with E-state index in [-0.39, 0.29) is 29.5 Å². The van der Waals surface area contributed by atoms with E-state index < -0.39 is 36.2 Å². The van der Waals surface area contributed by atoms with Gasteiger partial charge in [-0.25, -0.2) is 4.79 Å². The van der Waals surface area contributed by atoms with Gasteiger partial charge >= 0.3 is 12.1 Å². The zero-order valence-electron chi connectivity index (χ0n) is 26.5. The number of rotatable bonds is 13. The number of piperidine rings is 1. The summed E-state index contributed by atoms with van der Waals surface area (Å²) >= 11 is 0. The van der Waals surface area contributed by atoms with Crippen molar-refractivity contribution in [3.05, 3.63) is 35.4 Å². The third kappa shape index (κ3) is 11.2. The van der Waals surface area contributed by atoms with Crippen LogP contribution in [-0.4, -0.2) is 69.9 Å². The van der Waals surface area contributed by atoms with E-state index in [9.17, 15) is 19.2 Å². The van der Waals surface area contributed by atoms with Crippen molar-refractivity contribution in [3.63, 3.8) is 0 Å². The number of carboxylic acids is 1. The van der Waals surface area contributed by atoms with Gasteiger partial charge in [-0.3, -0.25) is 19.2 Å². The number of nitrogens with zero attached hydrogens (tertiary/aromatic N) is 1. The second-order valence-electron chi connectivity index (χ2n) is 13.2. The van der Waals surface area contributed by atoms with E-state index in [0.717, 1.165) is 18.4 Å². The van der Waals surface area contributed by atoms with Gasteiger partial charge in [0.1, 0.15) is 24.3 Å². The Morgan fingerprint density at radius 1 is 0.976 bits per heavy atom. The first-order chi connectivity index (χ1) is 19.4. The Kier molecular flexibility index (Phi) is 12.4. The first kappa shape index (κ1) is 35.0. The Hall–Kier alpha value is -3.18. The van der Waals surface area contributed by atoms with Gasteiger partial charge in [0.2, 0.25) is 5.91 Å². The number of benzene rings is 1. The van der Waals surface area contributed by atoms with Crippen LogP contribution in [0.3, 0.4) is 0 Å². The quantitative estimate of drug-likeness (QED) is 0.242. The molecule has 0 saturated carbocycles. The van der Waals surface area contributed by atoms with Gasteiger partial charge in [0.05, 0.1) is 0 Å². The number of ether oxygens (including phenoxy) is 1. The number of alkyl carbamates (subject to hydrolysis) is 1. The average Bonchev–Trinajstić information content (AvgIpc) is 2.87. The number of hydrogen-bond donors (Lipinski definition) is 4. The lowest BCUT2D eigenvalue weighted by Gasteiger charge is -2.52. The van der Waals surface area contributed by atoms with Gasteiger partial charge in [-0.15, -0.1) is 0 Å². The molecule has 1 saturated heterocycles. The van der Waals surface area contributed by atoms with Crippen molar-refractivity contribution in [2.75, 3.05) is 13.1 Å². The number of unbranched alkanes of at least 4 members (excludes halogenated alkanes) is 1. The summed E-state index contributed by atoms with van der Waals surface area (Å²) in [4.78, 5) is 54.6. The molecule has 0 spiro atoms. The summed E-state index contributed by atoms with van der Waals surface area (Å²) in [5.41, 5.74) is 0.630. The zero-order valence-corrected chi connectivity index (χ0v) is 26.5. The van der Waals surface area contributed by atoms with Crippen molar-refractivity contribution < 1.29 is 33.9 Å². The van der Waals surface area contributed by atoms with Gasteiger partial charge in [0.15, 0.2) is 0 Å². The topological polar surface area (TPSA) is 146 Å². The molecule has 2 atom stereocenters. The first-order valence-electron chi connectivity index (χ1n) is 14.8. The minimum atomic E-state index is -1.19. The largest absolute Gasteiger partial charge is 0.480 e. The molecule has 11 nitrogen and oxygen atoms in total. The van der Waals surface area contributed by atoms with Crippen molar-refractivity contribution in [1.82, 2.24) is 21.0 Å². The average molecular weight is 591 g/mol. The Balaban J connectivity index is 1.86. The Morgan fingerprint density at radius 3 is 2.12 bits per heavy atom. The third-order valence-electron chi connectivity index (χ3n) is 7.21. The summed E-state index contributed by atoms with van der Waals surface area (Å²) in [7, 11) is 0. The van der Waals surface area contributed by atoms with Gasteiger partial charge < -0.3 is 25.8 Å². The SMILES string of the molecule is CC(ON1C(C)(C)CCCC1(C)C)c1ccc(C(=O)NCCCC[C@H](NC(=O)OC(C)(C)C)C(=O)NCC(=O)O)cc1. The standard InChI is InChI=1S/C31H50N4O7/c1-21(42-35-30(5,6)17-11-18-31(35,7)8)22-13-15-23(16-14-22)26(38)32-19-10-9-12-24(27(39)33-20-25(36)37)34-28(40)41-29(2,3)4/h13-16,21,24H,9-12,17-20H2,1-8H3,(H,32,38)(H,33,39)(H,34,40)(H,36,37)/t21?,24-/m0/s1. The molecule has 0 aromatic heterocycles. The lowest BCUT2D eigenvalue weighted by atomic mass is 9.82. The van der Waals surface area contributed by atoms with Crippen LogP contribution in [0.2, 0.25) is 0 Å². The summed E-state index contributed by atoms with van der Waals surface area (Å²) in [5.74, 6) is -2.01. The number of amides is 3. The van der Waals surface area contributed by atoms with E-state index in [1.54, 1.807) is 32.9 Å². The monoisotopic (exact) mass is 590 g/mol. The van der Waals surface area contributed by atoms with E-state index in [2.05, 4.69) is 48.7 Å². The molecule has 42 heavy (non-hydrogen) atoms. The molecule has 1 aromatic carbocycles. The lowest BCUT2D eigenvalue weighted by Crippen LogP contribution is -2.58. The molecular formula is C31H50N4O7. The van der Waals surface area contributed by atoms with Crippen molar-refractivity contribution in [2.24, 2.45) is 0 Å². The van der Waals surface area contributed by atoms with E-state index >= 15 is 0 Å². The second-order valence-corrected chi connectivity index (χ2v) is 13.2. The number of carboxylic acid groups (broad SMARTS) is 1. The van der Waals surface area contributed by atoms with E-state index in [0.29, 0.717) is 24.9 Å². The molecule has 2 rings (SSSR count). The smallest absolute Gasteiger partial charge is 0.408 e. The normalized spacial score (nSPS) is 17.9. The summed E-state index contributed by atoms with van der Waals surface area (Å²) in [6, 6.07) is 6.42. The van der Waals surface area contributed by atoms with Crippen molar-refractivity contribution in [1.29, 1.82) is 0 Å². The fourth-order valence-electron chi connectivity index (χ4n) is 5.17. The van der Waals surface area contributed by atoms with E-state index in [4.69, 9.17) is 14.7 Å². The summed E-state index contributed by atoms with van der Waals surface area (Å²) < 4.78 is 5.22. The third-order valence-corrected chi connectivity index (χ3v) is 7.21. The number of carbonyl (C=O) groups is 4. The number of carbonyl (C=O) groups excluding carboxylic acids is 3. The van der Waals surface area contributed by atoms with Crippen LogP contribution in [0.1, 0.15) is 116 Å². The van der Waals surface area contributed by atoms with Crippen LogP contribution in [-0.2, 0) is 19.2 Å². The van der Waals surface area contributed by atoms with Gasteiger partial charge in [-0.2, -0.15) is 5.06 Å².